The zero-order valence-corrected chi connectivity index (χ0v) is 41.9. The Labute approximate surface area is 404 Å². The number of carbonyl (C=O) groups excluding carboxylic acids is 2. The molecule has 5 unspecified atom stereocenters. The van der Waals surface area contributed by atoms with Gasteiger partial charge in [0.2, 0.25) is 0 Å². The van der Waals surface area contributed by atoms with Gasteiger partial charge in [-0.25, -0.2) is 9.13 Å². The number of phosphoric acid groups is 2. The van der Waals surface area contributed by atoms with E-state index in [2.05, 4.69) is 78.3 Å². The van der Waals surface area contributed by atoms with E-state index in [9.17, 15) is 58.9 Å². The van der Waals surface area contributed by atoms with Gasteiger partial charge in [-0.3, -0.25) is 23.2 Å². The van der Waals surface area contributed by atoms with Crippen molar-refractivity contribution < 1.29 is 82.0 Å². The quantitative estimate of drug-likeness (QED) is 0.0124. The van der Waals surface area contributed by atoms with E-state index in [4.69, 9.17) is 18.5 Å². The van der Waals surface area contributed by atoms with Crippen LogP contribution in [-0.2, 0) is 41.8 Å². The highest BCUT2D eigenvalue weighted by Gasteiger charge is 2.54. The minimum absolute atomic E-state index is 0.00480. The van der Waals surface area contributed by atoms with Crippen LogP contribution in [0.3, 0.4) is 0 Å². The van der Waals surface area contributed by atoms with Crippen molar-refractivity contribution in [2.45, 2.75) is 198 Å². The molecule has 19 heteroatoms. The summed E-state index contributed by atoms with van der Waals surface area (Å²) in [6, 6.07) is 0. The molecule has 390 valence electrons. The van der Waals surface area contributed by atoms with Crippen LogP contribution in [0.4, 0.5) is 0 Å². The van der Waals surface area contributed by atoms with Gasteiger partial charge in [-0.2, -0.15) is 0 Å². The monoisotopic (exact) mass is 1000 g/mol. The van der Waals surface area contributed by atoms with Gasteiger partial charge in [0.1, 0.15) is 43.2 Å². The van der Waals surface area contributed by atoms with Crippen LogP contribution in [0, 0.1) is 0 Å². The van der Waals surface area contributed by atoms with Crippen molar-refractivity contribution in [3.05, 3.63) is 85.1 Å². The van der Waals surface area contributed by atoms with Gasteiger partial charge in [0.15, 0.2) is 6.10 Å². The van der Waals surface area contributed by atoms with Crippen LogP contribution in [0.25, 0.3) is 0 Å². The number of unbranched alkanes of at least 4 members (excludes halogenated alkanes) is 8. The van der Waals surface area contributed by atoms with Crippen LogP contribution in [0.15, 0.2) is 85.1 Å². The van der Waals surface area contributed by atoms with E-state index in [1.54, 1.807) is 0 Å². The number of aliphatic hydroxyl groups excluding tert-OH is 5. The number of rotatable bonds is 39. The van der Waals surface area contributed by atoms with E-state index >= 15 is 0 Å². The lowest BCUT2D eigenvalue weighted by Gasteiger charge is -2.43. The minimum Gasteiger partial charge on any atom is -0.462 e. The Bertz CT molecular complexity index is 1650. The Kier molecular flexibility index (Phi) is 36.1. The molecule has 0 aromatic rings. The molecule has 8 N–H and O–H groups in total. The highest BCUT2D eigenvalue weighted by atomic mass is 31.2. The number of hydrogen-bond acceptors (Lipinski definition) is 14. The summed E-state index contributed by atoms with van der Waals surface area (Å²) in [5.41, 5.74) is 0. The van der Waals surface area contributed by atoms with Crippen LogP contribution in [0.5, 0.6) is 0 Å². The first kappa shape index (κ1) is 63.2. The standard InChI is InChI=1S/C49H82O17P2/c1-3-5-6-7-8-9-10-11-12-13-14-19-22-25-28-31-34-37-43(52)64-41(39-63-68(60,61)66-49-46(55)44(53)45(54)48(47(49)56)65-67(57,58)59)38-62-42(51)36-33-30-27-24-21-18-16-15-17-20-23-26-29-32-35-40(50)4-2/h8-9,11-12,14,16-20,24,26-27,29,40-41,44-50,53-56H,3-7,10,13,15,21-23,25,28,30-39H2,1-2H3,(H,60,61)(H2,57,58,59)/b9-8-,12-11-,18-16-,19-14-,20-17-,27-24-,29-26-/t40-,41+,44?,45?,46?,47?,48+,49-/m0/s1. The van der Waals surface area contributed by atoms with Crippen molar-refractivity contribution >= 4 is 27.6 Å². The largest absolute Gasteiger partial charge is 0.472 e. The molecule has 1 rings (SSSR count). The van der Waals surface area contributed by atoms with Crippen molar-refractivity contribution in [3.8, 4) is 0 Å². The predicted octanol–water partition coefficient (Wildman–Crippen LogP) is 8.36. The number of aliphatic hydroxyl groups is 5. The van der Waals surface area contributed by atoms with Gasteiger partial charge in [0.05, 0.1) is 12.7 Å². The second kappa shape index (κ2) is 38.8. The molecule has 0 spiro atoms. The molecule has 0 heterocycles. The summed E-state index contributed by atoms with van der Waals surface area (Å²) in [6.45, 7) is 2.73. The van der Waals surface area contributed by atoms with Crippen LogP contribution in [0.1, 0.15) is 149 Å². The zero-order chi connectivity index (χ0) is 50.5. The molecule has 0 radical (unpaired) electrons. The number of carbonyl (C=O) groups is 2. The Morgan fingerprint density at radius 2 is 0.985 bits per heavy atom. The molecular formula is C49H82O17P2. The summed E-state index contributed by atoms with van der Waals surface area (Å²) < 4.78 is 49.3. The molecule has 17 nitrogen and oxygen atoms in total. The molecule has 68 heavy (non-hydrogen) atoms. The normalized spacial score (nSPS) is 22.4. The maximum absolute atomic E-state index is 13.0. The summed E-state index contributed by atoms with van der Waals surface area (Å²) in [5, 5.41) is 50.8. The maximum Gasteiger partial charge on any atom is 0.472 e. The first-order valence-electron chi connectivity index (χ1n) is 24.2. The molecule has 1 aliphatic carbocycles. The molecule has 1 fully saturated rings. The SMILES string of the molecule is CCCCC/C=C\C/C=C\C/C=C\CCCCCCC(=O)O[C@H](COC(=O)CCC/C=C\C/C=C\C/C=C\C/C=C\CC[C@@H](O)CC)COP(=O)(O)O[C@H]1C(O)C(O)C(O)[C@@H](OP(=O)(O)O)C1O. The van der Waals surface area contributed by atoms with Gasteiger partial charge in [-0.05, 0) is 96.3 Å². The molecule has 9 atom stereocenters. The molecule has 0 bridgehead atoms. The summed E-state index contributed by atoms with van der Waals surface area (Å²) in [6.07, 6.45) is 30.5. The van der Waals surface area contributed by atoms with Gasteiger partial charge in [-0.15, -0.1) is 0 Å². The van der Waals surface area contributed by atoms with E-state index in [-0.39, 0.29) is 18.9 Å². The molecule has 0 saturated heterocycles. The van der Waals surface area contributed by atoms with Gasteiger partial charge in [0, 0.05) is 12.8 Å². The molecule has 0 amide bonds. The number of hydrogen-bond donors (Lipinski definition) is 8. The summed E-state index contributed by atoms with van der Waals surface area (Å²) in [7, 11) is -10.7. The van der Waals surface area contributed by atoms with E-state index in [1.807, 2.05) is 25.2 Å². The van der Waals surface area contributed by atoms with Crippen molar-refractivity contribution in [1.29, 1.82) is 0 Å². The van der Waals surface area contributed by atoms with Gasteiger partial charge in [-0.1, -0.05) is 125 Å². The van der Waals surface area contributed by atoms with Crippen LogP contribution in [-0.4, -0.2) is 114 Å². The van der Waals surface area contributed by atoms with Crippen LogP contribution < -0.4 is 0 Å². The summed E-state index contributed by atoms with van der Waals surface area (Å²) in [5.74, 6) is -1.32. The van der Waals surface area contributed by atoms with Crippen molar-refractivity contribution in [2.24, 2.45) is 0 Å². The van der Waals surface area contributed by atoms with Crippen LogP contribution >= 0.6 is 15.6 Å². The average molecular weight is 1010 g/mol. The van der Waals surface area contributed by atoms with Crippen molar-refractivity contribution in [3.63, 3.8) is 0 Å². The fourth-order valence-electron chi connectivity index (χ4n) is 6.65. The van der Waals surface area contributed by atoms with E-state index < -0.39 is 83.5 Å². The van der Waals surface area contributed by atoms with E-state index in [1.165, 1.54) is 19.3 Å². The smallest absolute Gasteiger partial charge is 0.462 e. The third kappa shape index (κ3) is 32.9. The molecular weight excluding hydrogens is 922 g/mol. The van der Waals surface area contributed by atoms with Gasteiger partial charge < -0.3 is 49.7 Å². The van der Waals surface area contributed by atoms with Gasteiger partial charge in [0.25, 0.3) is 0 Å². The van der Waals surface area contributed by atoms with Crippen molar-refractivity contribution in [2.75, 3.05) is 13.2 Å². The Balaban J connectivity index is 2.65. The number of ether oxygens (including phenoxy) is 2. The Hall–Kier alpha value is -2.86. The minimum atomic E-state index is -5.38. The molecule has 0 aromatic heterocycles. The van der Waals surface area contributed by atoms with Crippen molar-refractivity contribution in [1.82, 2.24) is 0 Å². The Morgan fingerprint density at radius 1 is 0.529 bits per heavy atom. The number of allylic oxidation sites excluding steroid dienone is 14. The van der Waals surface area contributed by atoms with Crippen LogP contribution in [0.2, 0.25) is 0 Å². The molecule has 1 aliphatic rings. The summed E-state index contributed by atoms with van der Waals surface area (Å²) >= 11 is 0. The van der Waals surface area contributed by atoms with E-state index in [0.29, 0.717) is 19.3 Å². The lowest BCUT2D eigenvalue weighted by Crippen LogP contribution is -2.64. The lowest BCUT2D eigenvalue weighted by molar-refractivity contribution is -0.216. The fourth-order valence-corrected chi connectivity index (χ4v) is 8.19. The highest BCUT2D eigenvalue weighted by molar-refractivity contribution is 7.47. The predicted molar refractivity (Wildman–Crippen MR) is 261 cm³/mol. The van der Waals surface area contributed by atoms with E-state index in [0.717, 1.165) is 83.5 Å². The lowest BCUT2D eigenvalue weighted by atomic mass is 9.85. The van der Waals surface area contributed by atoms with Gasteiger partial charge >= 0.3 is 27.6 Å². The molecule has 1 saturated carbocycles. The molecule has 0 aromatic carbocycles. The average Bonchev–Trinajstić information content (AvgIpc) is 3.29. The third-order valence-corrected chi connectivity index (χ3v) is 12.1. The first-order chi connectivity index (χ1) is 32.5. The Morgan fingerprint density at radius 3 is 1.50 bits per heavy atom. The number of phosphoric ester groups is 2. The third-order valence-electron chi connectivity index (χ3n) is 10.6. The maximum atomic E-state index is 13.0. The second-order valence-electron chi connectivity index (χ2n) is 16.6. The number of esters is 2. The first-order valence-corrected chi connectivity index (χ1v) is 27.2. The second-order valence-corrected chi connectivity index (χ2v) is 19.2. The topological polar surface area (TPSA) is 276 Å². The zero-order valence-electron chi connectivity index (χ0n) is 40.1. The fraction of sp³-hybridized carbons (Fsp3) is 0.673. The summed E-state index contributed by atoms with van der Waals surface area (Å²) in [4.78, 5) is 54.3. The molecule has 0 aliphatic heterocycles. The highest BCUT2D eigenvalue weighted by Crippen LogP contribution is 2.49.